The number of hydrogen-bond donors (Lipinski definition) is 3. The number of halogens is 5. The second-order valence-electron chi connectivity index (χ2n) is 8.12. The Hall–Kier alpha value is -3.77. The van der Waals surface area contributed by atoms with Crippen molar-refractivity contribution in [2.45, 2.75) is 6.18 Å². The van der Waals surface area contributed by atoms with Crippen LogP contribution in [-0.4, -0.2) is 51.4 Å². The molecule has 4 rings (SSSR count). The summed E-state index contributed by atoms with van der Waals surface area (Å²) in [5.41, 5.74) is -0.166. The van der Waals surface area contributed by atoms with Crippen LogP contribution in [-0.2, 0) is 10.9 Å². The van der Waals surface area contributed by atoms with Gasteiger partial charge >= 0.3 is 6.18 Å². The molecule has 0 saturated carbocycles. The molecule has 1 aliphatic heterocycles. The normalized spacial score (nSPS) is 13.4. The summed E-state index contributed by atoms with van der Waals surface area (Å²) in [5.74, 6) is -0.796. The lowest BCUT2D eigenvalue weighted by atomic mass is 10.1. The molecule has 204 valence electrons. The van der Waals surface area contributed by atoms with Gasteiger partial charge in [0.15, 0.2) is 0 Å². The topological polar surface area (TPSA) is 87.8 Å². The molecule has 2 heterocycles. The molecule has 1 fully saturated rings. The molecule has 1 aromatic heterocycles. The maximum Gasteiger partial charge on any atom is 0.419 e. The average Bonchev–Trinajstić information content (AvgIpc) is 2.89. The van der Waals surface area contributed by atoms with Crippen LogP contribution >= 0.6 is 12.4 Å². The number of hydrogen-bond acceptors (Lipinski definition) is 7. The fraction of sp³-hybridized carbons (Fsp3) is 0.280. The van der Waals surface area contributed by atoms with Gasteiger partial charge in [-0.1, -0.05) is 0 Å². The highest BCUT2D eigenvalue weighted by molar-refractivity contribution is 6.00. The molecule has 3 N–H and O–H groups in total. The third kappa shape index (κ3) is 6.56. The van der Waals surface area contributed by atoms with E-state index >= 15 is 0 Å². The van der Waals surface area contributed by atoms with Crippen LogP contribution in [0.3, 0.4) is 0 Å². The van der Waals surface area contributed by atoms with E-state index in [1.165, 1.54) is 20.2 Å². The fourth-order valence-corrected chi connectivity index (χ4v) is 3.89. The van der Waals surface area contributed by atoms with Crippen molar-refractivity contribution in [2.75, 3.05) is 56.0 Å². The van der Waals surface area contributed by atoms with E-state index in [2.05, 4.69) is 25.8 Å². The number of carbonyl (C=O) groups excluding carboxylic acids is 1. The van der Waals surface area contributed by atoms with Gasteiger partial charge in [-0.05, 0) is 30.3 Å². The first-order chi connectivity index (χ1) is 17.7. The van der Waals surface area contributed by atoms with Crippen LogP contribution in [0.1, 0.15) is 15.9 Å². The summed E-state index contributed by atoms with van der Waals surface area (Å²) in [6.07, 6.45) is -4.05. The van der Waals surface area contributed by atoms with Crippen LogP contribution in [0.15, 0.2) is 48.7 Å². The SMILES string of the molecule is CNC(=O)c1cc(F)ccc1Nc1cc(Nc2ccc(N3CCOCC3)cc2OC)ncc1C(F)(F)F.Cl. The van der Waals surface area contributed by atoms with E-state index in [0.717, 1.165) is 37.0 Å². The quantitative estimate of drug-likeness (QED) is 0.339. The molecule has 0 atom stereocenters. The molecular formula is C25H26ClF4N5O3. The van der Waals surface area contributed by atoms with Gasteiger partial charge in [0.25, 0.3) is 5.91 Å². The molecule has 0 radical (unpaired) electrons. The van der Waals surface area contributed by atoms with Gasteiger partial charge in [-0.2, -0.15) is 13.2 Å². The van der Waals surface area contributed by atoms with E-state index in [1.807, 2.05) is 12.1 Å². The lowest BCUT2D eigenvalue weighted by Crippen LogP contribution is -2.36. The Morgan fingerprint density at radius 3 is 2.39 bits per heavy atom. The van der Waals surface area contributed by atoms with Crippen LogP contribution in [0, 0.1) is 5.82 Å². The molecule has 0 aliphatic carbocycles. The molecule has 0 spiro atoms. The van der Waals surface area contributed by atoms with E-state index in [0.29, 0.717) is 30.8 Å². The number of aromatic nitrogens is 1. The molecule has 1 saturated heterocycles. The first-order valence-electron chi connectivity index (χ1n) is 11.3. The van der Waals surface area contributed by atoms with E-state index in [4.69, 9.17) is 9.47 Å². The van der Waals surface area contributed by atoms with Crippen molar-refractivity contribution in [3.8, 4) is 5.75 Å². The Labute approximate surface area is 222 Å². The van der Waals surface area contributed by atoms with Gasteiger partial charge in [0, 0.05) is 44.2 Å². The van der Waals surface area contributed by atoms with Crippen LogP contribution in [0.4, 0.5) is 46.1 Å². The molecule has 38 heavy (non-hydrogen) atoms. The summed E-state index contributed by atoms with van der Waals surface area (Å²) in [5, 5.41) is 7.96. The van der Waals surface area contributed by atoms with E-state index in [1.54, 1.807) is 6.07 Å². The molecular weight excluding hydrogens is 530 g/mol. The smallest absolute Gasteiger partial charge is 0.419 e. The number of amides is 1. The zero-order chi connectivity index (χ0) is 26.6. The summed E-state index contributed by atoms with van der Waals surface area (Å²) in [4.78, 5) is 18.3. The van der Waals surface area contributed by atoms with Gasteiger partial charge in [-0.15, -0.1) is 12.4 Å². The third-order valence-corrected chi connectivity index (χ3v) is 5.76. The van der Waals surface area contributed by atoms with Gasteiger partial charge in [0.05, 0.1) is 48.5 Å². The lowest BCUT2D eigenvalue weighted by molar-refractivity contribution is -0.137. The number of alkyl halides is 3. The zero-order valence-corrected chi connectivity index (χ0v) is 21.3. The molecule has 8 nitrogen and oxygen atoms in total. The Balaban J connectivity index is 0.00000400. The Morgan fingerprint density at radius 2 is 1.74 bits per heavy atom. The van der Waals surface area contributed by atoms with Gasteiger partial charge in [0.1, 0.15) is 17.4 Å². The van der Waals surface area contributed by atoms with Gasteiger partial charge in [-0.3, -0.25) is 4.79 Å². The monoisotopic (exact) mass is 555 g/mol. The first kappa shape index (κ1) is 28.8. The van der Waals surface area contributed by atoms with Gasteiger partial charge in [-0.25, -0.2) is 9.37 Å². The van der Waals surface area contributed by atoms with Crippen molar-refractivity contribution in [1.29, 1.82) is 0 Å². The number of morpholine rings is 1. The zero-order valence-electron chi connectivity index (χ0n) is 20.5. The number of benzene rings is 2. The summed E-state index contributed by atoms with van der Waals surface area (Å²) < 4.78 is 65.9. The van der Waals surface area contributed by atoms with E-state index in [-0.39, 0.29) is 35.2 Å². The number of pyridine rings is 1. The van der Waals surface area contributed by atoms with Crippen LogP contribution in [0.5, 0.6) is 5.75 Å². The van der Waals surface area contributed by atoms with Gasteiger partial charge in [0.2, 0.25) is 0 Å². The van der Waals surface area contributed by atoms with Crippen molar-refractivity contribution in [3.63, 3.8) is 0 Å². The van der Waals surface area contributed by atoms with Crippen LogP contribution < -0.4 is 25.6 Å². The van der Waals surface area contributed by atoms with Crippen molar-refractivity contribution < 1.29 is 31.8 Å². The minimum absolute atomic E-state index is 0. The van der Waals surface area contributed by atoms with Crippen molar-refractivity contribution >= 4 is 46.9 Å². The number of ether oxygens (including phenoxy) is 2. The number of anilines is 5. The summed E-state index contributed by atoms with van der Waals surface area (Å²) in [6.45, 7) is 2.69. The number of nitrogens with one attached hydrogen (secondary N) is 3. The molecule has 0 bridgehead atoms. The summed E-state index contributed by atoms with van der Waals surface area (Å²) in [7, 11) is 2.83. The van der Waals surface area contributed by atoms with Crippen molar-refractivity contribution in [3.05, 3.63) is 65.6 Å². The number of carbonyl (C=O) groups is 1. The van der Waals surface area contributed by atoms with Crippen molar-refractivity contribution in [1.82, 2.24) is 10.3 Å². The van der Waals surface area contributed by atoms with Crippen molar-refractivity contribution in [2.24, 2.45) is 0 Å². The molecule has 0 unspecified atom stereocenters. The molecule has 2 aromatic carbocycles. The second kappa shape index (κ2) is 12.2. The number of rotatable bonds is 7. The highest BCUT2D eigenvalue weighted by Crippen LogP contribution is 2.39. The minimum atomic E-state index is -4.74. The summed E-state index contributed by atoms with van der Waals surface area (Å²) in [6, 6.07) is 9.79. The molecule has 1 amide bonds. The van der Waals surface area contributed by atoms with E-state index in [9.17, 15) is 22.4 Å². The Bertz CT molecular complexity index is 1290. The molecule has 1 aliphatic rings. The summed E-state index contributed by atoms with van der Waals surface area (Å²) >= 11 is 0. The van der Waals surface area contributed by atoms with Crippen LogP contribution in [0.25, 0.3) is 0 Å². The Kier molecular flexibility index (Phi) is 9.23. The fourth-order valence-electron chi connectivity index (χ4n) is 3.89. The van der Waals surface area contributed by atoms with Gasteiger partial charge < -0.3 is 30.3 Å². The second-order valence-corrected chi connectivity index (χ2v) is 8.12. The standard InChI is InChI=1S/C25H25F4N5O3.ClH/c1-30-24(35)17-11-15(26)3-5-19(17)32-21-13-23(31-14-18(21)25(27,28)29)33-20-6-4-16(12-22(20)36-2)34-7-9-37-10-8-34;/h3-6,11-14H,7-10H2,1-2H3,(H,30,35)(H2,31,32,33);1H. The maximum absolute atomic E-state index is 13.8. The molecule has 13 heteroatoms. The highest BCUT2D eigenvalue weighted by atomic mass is 35.5. The Morgan fingerprint density at radius 1 is 1.03 bits per heavy atom. The number of nitrogens with zero attached hydrogens (tertiary/aromatic N) is 2. The first-order valence-corrected chi connectivity index (χ1v) is 11.3. The third-order valence-electron chi connectivity index (χ3n) is 5.76. The largest absolute Gasteiger partial charge is 0.494 e. The average molecular weight is 556 g/mol. The lowest BCUT2D eigenvalue weighted by Gasteiger charge is -2.29. The molecule has 3 aromatic rings. The predicted octanol–water partition coefficient (Wildman–Crippen LogP) is 5.35. The predicted molar refractivity (Wildman–Crippen MR) is 139 cm³/mol. The van der Waals surface area contributed by atoms with E-state index < -0.39 is 23.5 Å². The highest BCUT2D eigenvalue weighted by Gasteiger charge is 2.34. The maximum atomic E-state index is 13.8. The number of methoxy groups -OCH3 is 1. The minimum Gasteiger partial charge on any atom is -0.494 e. The van der Waals surface area contributed by atoms with Crippen LogP contribution in [0.2, 0.25) is 0 Å².